The van der Waals surface area contributed by atoms with Gasteiger partial charge in [-0.1, -0.05) is 0 Å². The highest BCUT2D eigenvalue weighted by Gasteiger charge is 2.04. The molecule has 0 spiro atoms. The summed E-state index contributed by atoms with van der Waals surface area (Å²) in [4.78, 5) is 10.4. The number of carbonyl (C=O) groups is 1. The Bertz CT molecular complexity index is 307. The molecule has 1 aromatic heterocycles. The summed E-state index contributed by atoms with van der Waals surface area (Å²) in [5.74, 6) is -1.12. The van der Waals surface area contributed by atoms with Crippen molar-refractivity contribution in [3.05, 3.63) is 29.6 Å². The molecule has 0 bridgehead atoms. The van der Waals surface area contributed by atoms with Crippen LogP contribution in [-0.2, 0) is 6.54 Å². The molecule has 0 atom stereocenters. The highest BCUT2D eigenvalue weighted by Crippen LogP contribution is 1.97. The van der Waals surface area contributed by atoms with Crippen molar-refractivity contribution < 1.29 is 14.5 Å². The molecule has 0 aliphatic heterocycles. The summed E-state index contributed by atoms with van der Waals surface area (Å²) < 4.78 is 1.96. The summed E-state index contributed by atoms with van der Waals surface area (Å²) in [6.45, 7) is 4.72. The van der Waals surface area contributed by atoms with Crippen molar-refractivity contribution in [3.63, 3.8) is 0 Å². The minimum absolute atomic E-state index is 0.234. The molecule has 0 saturated carbocycles. The Kier molecular flexibility index (Phi) is 2.43. The molecule has 0 amide bonds. The van der Waals surface area contributed by atoms with Gasteiger partial charge in [0.25, 0.3) is 0 Å². The summed E-state index contributed by atoms with van der Waals surface area (Å²) >= 11 is 0. The lowest BCUT2D eigenvalue weighted by Crippen LogP contribution is -2.36. The van der Waals surface area contributed by atoms with E-state index < -0.39 is 5.97 Å². The zero-order valence-electron chi connectivity index (χ0n) is 7.20. The summed E-state index contributed by atoms with van der Waals surface area (Å²) in [6, 6.07) is 3.16. The van der Waals surface area contributed by atoms with Gasteiger partial charge in [0, 0.05) is 24.6 Å². The molecule has 0 fully saturated rings. The maximum absolute atomic E-state index is 10.4. The normalized spacial score (nSPS) is 9.83. The van der Waals surface area contributed by atoms with Gasteiger partial charge in [0.05, 0.1) is 5.97 Å². The molecule has 3 nitrogen and oxygen atoms in total. The summed E-state index contributed by atoms with van der Waals surface area (Å²) in [5.41, 5.74) is 1.16. The van der Waals surface area contributed by atoms with Crippen molar-refractivity contribution in [2.75, 3.05) is 0 Å². The van der Waals surface area contributed by atoms with Crippen molar-refractivity contribution in [1.82, 2.24) is 0 Å². The van der Waals surface area contributed by atoms with E-state index in [4.69, 9.17) is 0 Å². The van der Waals surface area contributed by atoms with Crippen molar-refractivity contribution in [2.45, 2.75) is 20.4 Å². The van der Waals surface area contributed by atoms with Crippen LogP contribution in [0.1, 0.15) is 23.0 Å². The fourth-order valence-electron chi connectivity index (χ4n) is 1.13. The van der Waals surface area contributed by atoms with Crippen LogP contribution in [0.3, 0.4) is 0 Å². The number of carbonyl (C=O) groups excluding carboxylic acids is 1. The van der Waals surface area contributed by atoms with Crippen LogP contribution in [0, 0.1) is 6.92 Å². The minimum Gasteiger partial charge on any atom is -0.545 e. The van der Waals surface area contributed by atoms with Crippen LogP contribution in [0.25, 0.3) is 0 Å². The number of nitrogens with zero attached hydrogens (tertiary/aromatic N) is 1. The molecule has 0 radical (unpaired) electrons. The van der Waals surface area contributed by atoms with E-state index in [1.807, 2.05) is 18.4 Å². The highest BCUT2D eigenvalue weighted by molar-refractivity contribution is 5.85. The number of carboxylic acids is 1. The second kappa shape index (κ2) is 3.34. The van der Waals surface area contributed by atoms with E-state index in [-0.39, 0.29) is 5.56 Å². The summed E-state index contributed by atoms with van der Waals surface area (Å²) in [6.07, 6.45) is 1.75. The van der Waals surface area contributed by atoms with Crippen molar-refractivity contribution >= 4 is 5.97 Å². The largest absolute Gasteiger partial charge is 0.545 e. The number of rotatable bonds is 2. The van der Waals surface area contributed by atoms with Gasteiger partial charge in [-0.25, -0.2) is 4.57 Å². The molecule has 3 heteroatoms. The molecule has 64 valence electrons. The molecule has 1 aromatic rings. The van der Waals surface area contributed by atoms with E-state index in [9.17, 15) is 9.90 Å². The minimum atomic E-state index is -1.12. The zero-order chi connectivity index (χ0) is 9.14. The SMILES string of the molecule is CC[n+]1ccc(C(=O)[O-])cc1C. The van der Waals surface area contributed by atoms with Gasteiger partial charge in [-0.2, -0.15) is 0 Å². The van der Waals surface area contributed by atoms with Crippen molar-refractivity contribution in [1.29, 1.82) is 0 Å². The van der Waals surface area contributed by atoms with E-state index in [0.717, 1.165) is 12.2 Å². The predicted octanol–water partition coefficient (Wildman–Crippen LogP) is -0.334. The number of aromatic nitrogens is 1. The van der Waals surface area contributed by atoms with Gasteiger partial charge in [-0.15, -0.1) is 0 Å². The Balaban J connectivity index is 3.10. The Labute approximate surface area is 71.3 Å². The van der Waals surface area contributed by atoms with Crippen LogP contribution >= 0.6 is 0 Å². The number of carboxylic acid groups (broad SMARTS) is 1. The third kappa shape index (κ3) is 1.61. The second-order valence-corrected chi connectivity index (χ2v) is 2.63. The maximum atomic E-state index is 10.4. The average molecular weight is 165 g/mol. The topological polar surface area (TPSA) is 44.0 Å². The molecule has 0 saturated heterocycles. The maximum Gasteiger partial charge on any atom is 0.178 e. The first-order chi connectivity index (χ1) is 5.65. The van der Waals surface area contributed by atoms with E-state index in [2.05, 4.69) is 0 Å². The second-order valence-electron chi connectivity index (χ2n) is 2.63. The Morgan fingerprint density at radius 1 is 1.67 bits per heavy atom. The number of aryl methyl sites for hydroxylation is 2. The summed E-state index contributed by atoms with van der Waals surface area (Å²) in [5, 5.41) is 10.4. The van der Waals surface area contributed by atoms with Gasteiger partial charge in [-0.05, 0) is 6.92 Å². The molecule has 0 unspecified atom stereocenters. The Morgan fingerprint density at radius 2 is 2.33 bits per heavy atom. The van der Waals surface area contributed by atoms with Crippen LogP contribution in [-0.4, -0.2) is 5.97 Å². The molecule has 0 aliphatic carbocycles. The molecule has 0 aromatic carbocycles. The third-order valence-electron chi connectivity index (χ3n) is 1.83. The van der Waals surface area contributed by atoms with Crippen LogP contribution in [0.5, 0.6) is 0 Å². The zero-order valence-corrected chi connectivity index (χ0v) is 7.20. The van der Waals surface area contributed by atoms with Gasteiger partial charge >= 0.3 is 0 Å². The molecule has 0 N–H and O–H groups in total. The molecule has 1 heterocycles. The van der Waals surface area contributed by atoms with Gasteiger partial charge in [0.1, 0.15) is 6.54 Å². The van der Waals surface area contributed by atoms with Crippen LogP contribution in [0.15, 0.2) is 18.3 Å². The van der Waals surface area contributed by atoms with E-state index in [1.54, 1.807) is 18.3 Å². The summed E-state index contributed by atoms with van der Waals surface area (Å²) in [7, 11) is 0. The monoisotopic (exact) mass is 165 g/mol. The van der Waals surface area contributed by atoms with Crippen molar-refractivity contribution in [3.8, 4) is 0 Å². The lowest BCUT2D eigenvalue weighted by Gasteiger charge is -2.02. The average Bonchev–Trinajstić information content (AvgIpc) is 2.04. The lowest BCUT2D eigenvalue weighted by molar-refractivity contribution is -0.699. The number of hydrogen-bond donors (Lipinski definition) is 0. The fourth-order valence-corrected chi connectivity index (χ4v) is 1.13. The Morgan fingerprint density at radius 3 is 2.75 bits per heavy atom. The molecular weight excluding hydrogens is 154 g/mol. The smallest absolute Gasteiger partial charge is 0.178 e. The first-order valence-electron chi connectivity index (χ1n) is 3.86. The third-order valence-corrected chi connectivity index (χ3v) is 1.83. The van der Waals surface area contributed by atoms with Crippen LogP contribution < -0.4 is 9.67 Å². The molecule has 0 aliphatic rings. The van der Waals surface area contributed by atoms with Crippen LogP contribution in [0.4, 0.5) is 0 Å². The quantitative estimate of drug-likeness (QED) is 0.563. The fraction of sp³-hybridized carbons (Fsp3) is 0.333. The number of aromatic carboxylic acids is 1. The highest BCUT2D eigenvalue weighted by atomic mass is 16.4. The Hall–Kier alpha value is -1.38. The van der Waals surface area contributed by atoms with Gasteiger partial charge in [0.2, 0.25) is 0 Å². The standard InChI is InChI=1S/C9H11NO2/c1-3-10-5-4-8(9(11)12)6-7(10)2/h4-6H,3H2,1-2H3. The van der Waals surface area contributed by atoms with E-state index in [0.29, 0.717) is 0 Å². The molecular formula is C9H11NO2. The van der Waals surface area contributed by atoms with Gasteiger partial charge in [-0.3, -0.25) is 0 Å². The van der Waals surface area contributed by atoms with E-state index >= 15 is 0 Å². The first kappa shape index (κ1) is 8.71. The van der Waals surface area contributed by atoms with Crippen molar-refractivity contribution in [2.24, 2.45) is 0 Å². The van der Waals surface area contributed by atoms with E-state index in [1.165, 1.54) is 0 Å². The van der Waals surface area contributed by atoms with Crippen LogP contribution in [0.2, 0.25) is 0 Å². The number of pyridine rings is 1. The predicted molar refractivity (Wildman–Crippen MR) is 41.4 cm³/mol. The number of hydrogen-bond acceptors (Lipinski definition) is 2. The molecule has 12 heavy (non-hydrogen) atoms. The first-order valence-corrected chi connectivity index (χ1v) is 3.86. The van der Waals surface area contributed by atoms with Gasteiger partial charge in [0.15, 0.2) is 11.9 Å². The molecule has 1 rings (SSSR count). The van der Waals surface area contributed by atoms with Gasteiger partial charge < -0.3 is 9.90 Å². The lowest BCUT2D eigenvalue weighted by atomic mass is 10.2.